The van der Waals surface area contributed by atoms with E-state index < -0.39 is 11.9 Å². The summed E-state index contributed by atoms with van der Waals surface area (Å²) in [6.07, 6.45) is 3.19. The molecular formula is C10H13IN2O3. The number of primary amides is 1. The number of pyridine rings is 1. The zero-order valence-corrected chi connectivity index (χ0v) is 11.0. The van der Waals surface area contributed by atoms with Crippen molar-refractivity contribution in [1.82, 2.24) is 0 Å². The third kappa shape index (κ3) is 4.56. The van der Waals surface area contributed by atoms with Gasteiger partial charge < -0.3 is 34.4 Å². The molecule has 0 aromatic carbocycles. The van der Waals surface area contributed by atoms with Gasteiger partial charge in [-0.3, -0.25) is 4.79 Å². The van der Waals surface area contributed by atoms with Crippen molar-refractivity contribution in [3.05, 3.63) is 30.1 Å². The molecule has 88 valence electrons. The summed E-state index contributed by atoms with van der Waals surface area (Å²) in [5.74, 6) is -0.864. The van der Waals surface area contributed by atoms with Crippen LogP contribution in [0.25, 0.3) is 0 Å². The van der Waals surface area contributed by atoms with Crippen LogP contribution in [0.1, 0.15) is 17.3 Å². The first-order valence-electron chi connectivity index (χ1n) is 4.58. The van der Waals surface area contributed by atoms with Gasteiger partial charge >= 0.3 is 5.97 Å². The maximum atomic E-state index is 11.3. The van der Waals surface area contributed by atoms with Gasteiger partial charge in [0.2, 0.25) is 6.54 Å². The minimum absolute atomic E-state index is 0. The Labute approximate surface area is 111 Å². The Morgan fingerprint density at radius 3 is 2.75 bits per heavy atom. The summed E-state index contributed by atoms with van der Waals surface area (Å²) >= 11 is 0. The van der Waals surface area contributed by atoms with Crippen molar-refractivity contribution < 1.29 is 42.9 Å². The zero-order chi connectivity index (χ0) is 11.3. The maximum Gasteiger partial charge on any atom is 0.344 e. The molecule has 1 amide bonds. The van der Waals surface area contributed by atoms with Crippen molar-refractivity contribution in [2.24, 2.45) is 5.73 Å². The van der Waals surface area contributed by atoms with Crippen molar-refractivity contribution in [3.63, 3.8) is 0 Å². The van der Waals surface area contributed by atoms with Gasteiger partial charge in [-0.2, -0.15) is 4.57 Å². The molecular weight excluding hydrogens is 323 g/mol. The van der Waals surface area contributed by atoms with Crippen LogP contribution in [0.4, 0.5) is 0 Å². The van der Waals surface area contributed by atoms with E-state index in [4.69, 9.17) is 10.5 Å². The summed E-state index contributed by atoms with van der Waals surface area (Å²) in [6, 6.07) is 3.28. The molecule has 0 spiro atoms. The standard InChI is InChI=1S/C10H12N2O3.HI/c1-2-15-10(14)8-4-3-5-12(6-8)7-9(11)13;/h3-6H,2,7H2,1H3,(H-,11,13);1H. The molecule has 1 rings (SSSR count). The average Bonchev–Trinajstić information content (AvgIpc) is 2.17. The SMILES string of the molecule is CCOC(=O)c1ccc[n+](CC(N)=O)c1.[I-]. The molecule has 1 aromatic heterocycles. The van der Waals surface area contributed by atoms with Crippen LogP contribution >= 0.6 is 0 Å². The van der Waals surface area contributed by atoms with Gasteiger partial charge in [0.15, 0.2) is 12.4 Å². The summed E-state index contributed by atoms with van der Waals surface area (Å²) in [4.78, 5) is 22.0. The lowest BCUT2D eigenvalue weighted by molar-refractivity contribution is -0.684. The molecule has 0 fully saturated rings. The Hall–Kier alpha value is -1.18. The number of rotatable bonds is 4. The van der Waals surface area contributed by atoms with Crippen LogP contribution < -0.4 is 34.3 Å². The van der Waals surface area contributed by atoms with Gasteiger partial charge in [0.05, 0.1) is 6.61 Å². The molecule has 0 aliphatic heterocycles. The van der Waals surface area contributed by atoms with Crippen molar-refractivity contribution in [2.75, 3.05) is 6.61 Å². The Morgan fingerprint density at radius 1 is 1.50 bits per heavy atom. The maximum absolute atomic E-state index is 11.3. The van der Waals surface area contributed by atoms with Gasteiger partial charge in [-0.1, -0.05) is 0 Å². The number of hydrogen-bond acceptors (Lipinski definition) is 3. The molecule has 0 aliphatic rings. The van der Waals surface area contributed by atoms with Crippen LogP contribution in [-0.2, 0) is 16.1 Å². The molecule has 0 saturated carbocycles. The first-order valence-corrected chi connectivity index (χ1v) is 4.58. The lowest BCUT2D eigenvalue weighted by Crippen LogP contribution is -3.00. The van der Waals surface area contributed by atoms with E-state index >= 15 is 0 Å². The summed E-state index contributed by atoms with van der Waals surface area (Å²) in [5.41, 5.74) is 5.44. The van der Waals surface area contributed by atoms with Crippen molar-refractivity contribution >= 4 is 11.9 Å². The Morgan fingerprint density at radius 2 is 2.19 bits per heavy atom. The molecule has 1 aromatic rings. The molecule has 2 N–H and O–H groups in total. The number of carbonyl (C=O) groups excluding carboxylic acids is 2. The fourth-order valence-electron chi connectivity index (χ4n) is 1.14. The van der Waals surface area contributed by atoms with Crippen LogP contribution in [0.3, 0.4) is 0 Å². The van der Waals surface area contributed by atoms with Crippen molar-refractivity contribution in [1.29, 1.82) is 0 Å². The lowest BCUT2D eigenvalue weighted by atomic mass is 10.3. The van der Waals surface area contributed by atoms with E-state index in [2.05, 4.69) is 0 Å². The first kappa shape index (κ1) is 14.8. The fourth-order valence-corrected chi connectivity index (χ4v) is 1.14. The Kier molecular flexibility index (Phi) is 6.63. The number of nitrogens with two attached hydrogens (primary N) is 1. The second-order valence-electron chi connectivity index (χ2n) is 2.95. The van der Waals surface area contributed by atoms with E-state index in [1.165, 1.54) is 10.8 Å². The number of hydrogen-bond donors (Lipinski definition) is 1. The van der Waals surface area contributed by atoms with Crippen molar-refractivity contribution in [2.45, 2.75) is 13.5 Å². The number of ether oxygens (including phenoxy) is 1. The highest BCUT2D eigenvalue weighted by molar-refractivity contribution is 5.88. The minimum Gasteiger partial charge on any atom is -1.00 e. The predicted octanol–water partition coefficient (Wildman–Crippen LogP) is -3.36. The van der Waals surface area contributed by atoms with E-state index in [9.17, 15) is 9.59 Å². The molecule has 1 heterocycles. The van der Waals surface area contributed by atoms with Crippen LogP contribution in [0.5, 0.6) is 0 Å². The van der Waals surface area contributed by atoms with Gasteiger partial charge in [-0.05, 0) is 13.0 Å². The number of amides is 1. The smallest absolute Gasteiger partial charge is 0.344 e. The summed E-state index contributed by atoms with van der Waals surface area (Å²) in [7, 11) is 0. The van der Waals surface area contributed by atoms with Crippen LogP contribution in [0, 0.1) is 0 Å². The molecule has 6 heteroatoms. The number of nitrogens with zero attached hydrogens (tertiary/aromatic N) is 1. The van der Waals surface area contributed by atoms with Crippen LogP contribution in [-0.4, -0.2) is 18.5 Å². The molecule has 5 nitrogen and oxygen atoms in total. The van der Waals surface area contributed by atoms with Crippen LogP contribution in [0.2, 0.25) is 0 Å². The van der Waals surface area contributed by atoms with Gasteiger partial charge in [0, 0.05) is 6.07 Å². The highest BCUT2D eigenvalue weighted by Gasteiger charge is 2.12. The van der Waals surface area contributed by atoms with Gasteiger partial charge in [-0.25, -0.2) is 4.79 Å². The molecule has 0 atom stereocenters. The Bertz CT molecular complexity index is 382. The summed E-state index contributed by atoms with van der Waals surface area (Å²) in [6.45, 7) is 2.11. The largest absolute Gasteiger partial charge is 1.00 e. The van der Waals surface area contributed by atoms with E-state index in [1.54, 1.807) is 25.3 Å². The van der Waals surface area contributed by atoms with E-state index in [1.807, 2.05) is 0 Å². The Balaban J connectivity index is 0.00000225. The molecule has 0 bridgehead atoms. The van der Waals surface area contributed by atoms with Gasteiger partial charge in [0.1, 0.15) is 5.56 Å². The molecule has 0 saturated heterocycles. The highest BCUT2D eigenvalue weighted by atomic mass is 127. The molecule has 0 radical (unpaired) electrons. The highest BCUT2D eigenvalue weighted by Crippen LogP contribution is 1.97. The van der Waals surface area contributed by atoms with E-state index in [0.717, 1.165) is 0 Å². The predicted molar refractivity (Wildman–Crippen MR) is 51.8 cm³/mol. The summed E-state index contributed by atoms with van der Waals surface area (Å²) in [5, 5.41) is 0. The van der Waals surface area contributed by atoms with Crippen LogP contribution in [0.15, 0.2) is 24.5 Å². The second kappa shape index (κ2) is 7.15. The first-order chi connectivity index (χ1) is 7.13. The number of carbonyl (C=O) groups is 2. The monoisotopic (exact) mass is 336 g/mol. The number of halogens is 1. The molecule has 0 aliphatic carbocycles. The number of esters is 1. The van der Waals surface area contributed by atoms with E-state index in [0.29, 0.717) is 12.2 Å². The van der Waals surface area contributed by atoms with Gasteiger partial charge in [0.25, 0.3) is 5.91 Å². The average molecular weight is 336 g/mol. The third-order valence-corrected chi connectivity index (χ3v) is 1.71. The van der Waals surface area contributed by atoms with Gasteiger partial charge in [-0.15, -0.1) is 0 Å². The fraction of sp³-hybridized carbons (Fsp3) is 0.300. The molecule has 0 unspecified atom stereocenters. The minimum atomic E-state index is -0.457. The third-order valence-electron chi connectivity index (χ3n) is 1.71. The van der Waals surface area contributed by atoms with Crippen molar-refractivity contribution in [3.8, 4) is 0 Å². The molecule has 16 heavy (non-hydrogen) atoms. The topological polar surface area (TPSA) is 73.3 Å². The van der Waals surface area contributed by atoms with E-state index in [-0.39, 0.29) is 30.5 Å². The summed E-state index contributed by atoms with van der Waals surface area (Å²) < 4.78 is 6.36. The number of aromatic nitrogens is 1. The quantitative estimate of drug-likeness (QED) is 0.355. The normalized spacial score (nSPS) is 9.06. The zero-order valence-electron chi connectivity index (χ0n) is 8.85. The lowest BCUT2D eigenvalue weighted by Gasteiger charge is -2.00. The second-order valence-corrected chi connectivity index (χ2v) is 2.95.